The van der Waals surface area contributed by atoms with Gasteiger partial charge in [0.15, 0.2) is 11.2 Å². The van der Waals surface area contributed by atoms with Crippen LogP contribution in [0.5, 0.6) is 5.75 Å². The maximum absolute atomic E-state index is 14.2. The summed E-state index contributed by atoms with van der Waals surface area (Å²) in [6.45, 7) is 8.50. The average molecular weight is 484 g/mol. The number of carbonyl (C=O) groups is 1. The first-order valence-electron chi connectivity index (χ1n) is 12.3. The summed E-state index contributed by atoms with van der Waals surface area (Å²) in [4.78, 5) is 29.7. The topological polar surface area (TPSA) is 69.0 Å². The molecule has 2 aliphatic heterocycles. The van der Waals surface area contributed by atoms with Crippen LogP contribution < -0.4 is 15.1 Å². The van der Waals surface area contributed by atoms with Gasteiger partial charge in [0, 0.05) is 29.7 Å². The van der Waals surface area contributed by atoms with Gasteiger partial charge in [-0.25, -0.2) is 0 Å². The molecule has 0 N–H and O–H groups in total. The minimum atomic E-state index is -0.469. The normalized spacial score (nSPS) is 20.6. The van der Waals surface area contributed by atoms with Gasteiger partial charge < -0.3 is 18.8 Å². The van der Waals surface area contributed by atoms with E-state index in [2.05, 4.69) is 13.8 Å². The van der Waals surface area contributed by atoms with E-state index in [1.54, 1.807) is 7.11 Å². The Hall–Kier alpha value is -3.80. The Morgan fingerprint density at radius 2 is 1.78 bits per heavy atom. The van der Waals surface area contributed by atoms with Gasteiger partial charge in [-0.05, 0) is 55.7 Å². The predicted molar refractivity (Wildman–Crippen MR) is 139 cm³/mol. The summed E-state index contributed by atoms with van der Waals surface area (Å²) < 4.78 is 18.1. The largest absolute Gasteiger partial charge is 0.497 e. The fourth-order valence-corrected chi connectivity index (χ4v) is 5.82. The maximum atomic E-state index is 14.2. The van der Waals surface area contributed by atoms with Crippen LogP contribution >= 0.6 is 0 Å². The minimum absolute atomic E-state index is 0.0452. The van der Waals surface area contributed by atoms with Crippen molar-refractivity contribution < 1.29 is 18.7 Å². The van der Waals surface area contributed by atoms with Crippen LogP contribution in [0.4, 0.5) is 11.6 Å². The lowest BCUT2D eigenvalue weighted by atomic mass is 9.69. The molecule has 0 bridgehead atoms. The van der Waals surface area contributed by atoms with Crippen LogP contribution in [0.25, 0.3) is 11.0 Å². The predicted octanol–water partition coefficient (Wildman–Crippen LogP) is 6.29. The van der Waals surface area contributed by atoms with E-state index in [4.69, 9.17) is 13.9 Å². The van der Waals surface area contributed by atoms with E-state index in [9.17, 15) is 9.59 Å². The molecule has 3 aromatic rings. The molecule has 1 unspecified atom stereocenters. The summed E-state index contributed by atoms with van der Waals surface area (Å²) in [5.74, 6) is 2.24. The molecular weight excluding hydrogens is 454 g/mol. The first-order chi connectivity index (χ1) is 17.2. The molecule has 0 spiro atoms. The van der Waals surface area contributed by atoms with Crippen molar-refractivity contribution in [3.8, 4) is 5.75 Å². The molecule has 1 atom stereocenters. The number of methoxy groups -OCH3 is 1. The van der Waals surface area contributed by atoms with E-state index in [-0.39, 0.29) is 16.6 Å². The quantitative estimate of drug-likeness (QED) is 0.427. The van der Waals surface area contributed by atoms with Crippen LogP contribution in [-0.4, -0.2) is 19.4 Å². The zero-order valence-electron chi connectivity index (χ0n) is 21.2. The zero-order chi connectivity index (χ0) is 25.4. The number of allylic oxidation sites excluding steroid dienone is 3. The third-order valence-electron chi connectivity index (χ3n) is 7.55. The van der Waals surface area contributed by atoms with E-state index < -0.39 is 5.92 Å². The lowest BCUT2D eigenvalue weighted by Crippen LogP contribution is -2.40. The molecule has 2 aromatic carbocycles. The van der Waals surface area contributed by atoms with Crippen molar-refractivity contribution in [1.29, 1.82) is 0 Å². The van der Waals surface area contributed by atoms with Crippen LogP contribution in [0.15, 0.2) is 74.3 Å². The Labute approximate surface area is 209 Å². The highest BCUT2D eigenvalue weighted by Gasteiger charge is 2.47. The van der Waals surface area contributed by atoms with Gasteiger partial charge in [-0.3, -0.25) is 9.59 Å². The SMILES string of the molecule is COc1ccc(N2CC3=C(C)OC4=C(C(=O)CC(C)(C)C4)C3c3c2oc2ccc(C)cc2c3=O)cc1. The Bertz CT molecular complexity index is 1550. The van der Waals surface area contributed by atoms with E-state index in [1.165, 1.54) is 0 Å². The summed E-state index contributed by atoms with van der Waals surface area (Å²) in [7, 11) is 1.63. The third kappa shape index (κ3) is 3.39. The van der Waals surface area contributed by atoms with E-state index >= 15 is 0 Å². The van der Waals surface area contributed by atoms with Crippen LogP contribution in [0.3, 0.4) is 0 Å². The smallest absolute Gasteiger partial charge is 0.208 e. The number of carbonyl (C=O) groups excluding carboxylic acids is 1. The standard InChI is InChI=1S/C30H29NO5/c1-16-6-11-23-20(12-16)28(33)27-25-21(17(2)35-24-14-30(3,4)13-22(32)26(24)25)15-31(29(27)36-23)18-7-9-19(34-5)10-8-18/h6-12,25H,13-15H2,1-5H3. The number of fused-ring (bicyclic) bond motifs is 5. The maximum Gasteiger partial charge on any atom is 0.208 e. The Kier molecular flexibility index (Phi) is 4.94. The lowest BCUT2D eigenvalue weighted by Gasteiger charge is -2.43. The van der Waals surface area contributed by atoms with Crippen molar-refractivity contribution in [2.24, 2.45) is 5.41 Å². The summed E-state index contributed by atoms with van der Waals surface area (Å²) in [6.07, 6.45) is 1.08. The van der Waals surface area contributed by atoms with Gasteiger partial charge in [0.2, 0.25) is 5.88 Å². The monoisotopic (exact) mass is 483 g/mol. The van der Waals surface area contributed by atoms with Crippen molar-refractivity contribution in [2.75, 3.05) is 18.6 Å². The van der Waals surface area contributed by atoms with Crippen molar-refractivity contribution in [1.82, 2.24) is 0 Å². The Balaban J connectivity index is 1.65. The van der Waals surface area contributed by atoms with Crippen molar-refractivity contribution in [3.05, 3.63) is 86.5 Å². The number of ether oxygens (including phenoxy) is 2. The second-order valence-corrected chi connectivity index (χ2v) is 10.8. The summed E-state index contributed by atoms with van der Waals surface area (Å²) in [5, 5.41) is 0.527. The third-order valence-corrected chi connectivity index (χ3v) is 7.55. The molecule has 0 saturated heterocycles. The Morgan fingerprint density at radius 3 is 2.50 bits per heavy atom. The van der Waals surface area contributed by atoms with Crippen LogP contribution in [0.2, 0.25) is 0 Å². The Morgan fingerprint density at radius 1 is 1.03 bits per heavy atom. The zero-order valence-corrected chi connectivity index (χ0v) is 21.2. The average Bonchev–Trinajstić information content (AvgIpc) is 2.83. The number of ketones is 1. The van der Waals surface area contributed by atoms with Gasteiger partial charge in [0.25, 0.3) is 0 Å². The number of aryl methyl sites for hydroxylation is 1. The highest BCUT2D eigenvalue weighted by molar-refractivity contribution is 6.01. The molecule has 36 heavy (non-hydrogen) atoms. The minimum Gasteiger partial charge on any atom is -0.497 e. The number of hydrogen-bond acceptors (Lipinski definition) is 6. The molecular formula is C30H29NO5. The summed E-state index contributed by atoms with van der Waals surface area (Å²) in [5.41, 5.74) is 4.13. The second-order valence-electron chi connectivity index (χ2n) is 10.8. The van der Waals surface area contributed by atoms with Gasteiger partial charge >= 0.3 is 0 Å². The molecule has 6 nitrogen and oxygen atoms in total. The van der Waals surface area contributed by atoms with Gasteiger partial charge in [-0.2, -0.15) is 0 Å². The molecule has 6 heteroatoms. The number of rotatable bonds is 2. The molecule has 1 aromatic heterocycles. The van der Waals surface area contributed by atoms with Crippen molar-refractivity contribution in [3.63, 3.8) is 0 Å². The molecule has 6 rings (SSSR count). The first kappa shape index (κ1) is 22.7. The fraction of sp³-hybridized carbons (Fsp3) is 0.333. The molecule has 184 valence electrons. The second kappa shape index (κ2) is 7.85. The molecule has 0 fully saturated rings. The number of anilines is 2. The van der Waals surface area contributed by atoms with Crippen molar-refractivity contribution >= 4 is 28.3 Å². The molecule has 0 radical (unpaired) electrons. The summed E-state index contributed by atoms with van der Waals surface area (Å²) in [6, 6.07) is 13.3. The number of nitrogens with zero attached hydrogens (tertiary/aromatic N) is 1. The van der Waals surface area contributed by atoms with Crippen LogP contribution in [-0.2, 0) is 9.53 Å². The fourth-order valence-electron chi connectivity index (χ4n) is 5.82. The molecule has 1 aliphatic carbocycles. The van der Waals surface area contributed by atoms with Crippen LogP contribution in [0, 0.1) is 12.3 Å². The highest BCUT2D eigenvalue weighted by atomic mass is 16.5. The first-order valence-corrected chi connectivity index (χ1v) is 12.3. The lowest BCUT2D eigenvalue weighted by molar-refractivity contribution is -0.119. The molecule has 3 heterocycles. The molecule has 3 aliphatic rings. The van der Waals surface area contributed by atoms with Gasteiger partial charge in [0.1, 0.15) is 22.9 Å². The van der Waals surface area contributed by atoms with Gasteiger partial charge in [0.05, 0.1) is 30.5 Å². The number of benzene rings is 2. The summed E-state index contributed by atoms with van der Waals surface area (Å²) >= 11 is 0. The number of Topliss-reactive ketones (excluding diaryl/α,β-unsaturated/α-hetero) is 1. The van der Waals surface area contributed by atoms with Gasteiger partial charge in [-0.15, -0.1) is 0 Å². The van der Waals surface area contributed by atoms with E-state index in [0.29, 0.717) is 53.1 Å². The van der Waals surface area contributed by atoms with E-state index in [1.807, 2.05) is 61.2 Å². The van der Waals surface area contributed by atoms with Crippen LogP contribution in [0.1, 0.15) is 50.7 Å². The highest BCUT2D eigenvalue weighted by Crippen LogP contribution is 2.53. The van der Waals surface area contributed by atoms with E-state index in [0.717, 1.165) is 28.3 Å². The van der Waals surface area contributed by atoms with Crippen molar-refractivity contribution in [2.45, 2.75) is 46.5 Å². The molecule has 0 amide bonds. The molecule has 0 saturated carbocycles. The number of hydrogen-bond donors (Lipinski definition) is 0. The van der Waals surface area contributed by atoms with Gasteiger partial charge in [-0.1, -0.05) is 25.5 Å².